The van der Waals surface area contributed by atoms with Crippen molar-refractivity contribution in [2.45, 2.75) is 26.3 Å². The van der Waals surface area contributed by atoms with Crippen LogP contribution in [0.2, 0.25) is 0 Å². The van der Waals surface area contributed by atoms with Crippen LogP contribution in [0, 0.1) is 0 Å². The van der Waals surface area contributed by atoms with Crippen LogP contribution in [0.5, 0.6) is 11.5 Å². The van der Waals surface area contributed by atoms with Gasteiger partial charge in [-0.25, -0.2) is 0 Å². The van der Waals surface area contributed by atoms with Gasteiger partial charge in [-0.3, -0.25) is 9.69 Å². The first kappa shape index (κ1) is 26.9. The van der Waals surface area contributed by atoms with Crippen LogP contribution in [0.15, 0.2) is 140 Å². The molecule has 5 aromatic rings. The van der Waals surface area contributed by atoms with E-state index in [1.165, 1.54) is 11.1 Å². The van der Waals surface area contributed by atoms with Crippen LogP contribution in [-0.4, -0.2) is 17.2 Å². The molecule has 0 unspecified atom stereocenters. The zero-order chi connectivity index (χ0) is 27.4. The van der Waals surface area contributed by atoms with E-state index < -0.39 is 0 Å². The Kier molecular flexibility index (Phi) is 9.37. The molecule has 0 saturated carbocycles. The highest BCUT2D eigenvalue weighted by molar-refractivity contribution is 5.98. The predicted octanol–water partition coefficient (Wildman–Crippen LogP) is 7.73. The Bertz CT molecular complexity index is 1430. The summed E-state index contributed by atoms with van der Waals surface area (Å²) in [6, 6.07) is 46.0. The SMILES string of the molecule is O=C(CN(Cc1ccccc1)Cc1ccccc1)c1ccc(OCc2ccccc2)c(OCc2ccccc2)c1. The van der Waals surface area contributed by atoms with Gasteiger partial charge in [0.05, 0.1) is 6.54 Å². The van der Waals surface area contributed by atoms with Crippen LogP contribution >= 0.6 is 0 Å². The van der Waals surface area contributed by atoms with Crippen molar-refractivity contribution in [1.29, 1.82) is 0 Å². The lowest BCUT2D eigenvalue weighted by molar-refractivity contribution is 0.0919. The Hall–Kier alpha value is -4.67. The number of rotatable bonds is 13. The second-order valence-electron chi connectivity index (χ2n) is 9.75. The highest BCUT2D eigenvalue weighted by Gasteiger charge is 2.17. The zero-order valence-electron chi connectivity index (χ0n) is 22.5. The summed E-state index contributed by atoms with van der Waals surface area (Å²) in [4.78, 5) is 15.8. The van der Waals surface area contributed by atoms with Crippen molar-refractivity contribution < 1.29 is 14.3 Å². The quantitative estimate of drug-likeness (QED) is 0.147. The lowest BCUT2D eigenvalue weighted by atomic mass is 10.1. The number of hydrogen-bond acceptors (Lipinski definition) is 4. The average Bonchev–Trinajstić information content (AvgIpc) is 3.01. The second kappa shape index (κ2) is 13.9. The summed E-state index contributed by atoms with van der Waals surface area (Å²) in [6.07, 6.45) is 0. The number of hydrogen-bond donors (Lipinski definition) is 0. The van der Waals surface area contributed by atoms with Crippen molar-refractivity contribution in [2.24, 2.45) is 0 Å². The molecule has 0 bridgehead atoms. The van der Waals surface area contributed by atoms with Gasteiger partial charge in [-0.2, -0.15) is 0 Å². The number of benzene rings is 5. The number of ether oxygens (including phenoxy) is 2. The van der Waals surface area contributed by atoms with Crippen molar-refractivity contribution >= 4 is 5.78 Å². The third-order valence-electron chi connectivity index (χ3n) is 6.61. The normalized spacial score (nSPS) is 10.8. The van der Waals surface area contributed by atoms with Crippen molar-refractivity contribution in [3.05, 3.63) is 167 Å². The Balaban J connectivity index is 1.35. The molecule has 0 aliphatic rings. The van der Waals surface area contributed by atoms with E-state index in [-0.39, 0.29) is 12.3 Å². The molecule has 0 aliphatic carbocycles. The molecule has 0 atom stereocenters. The summed E-state index contributed by atoms with van der Waals surface area (Å²) >= 11 is 0. The van der Waals surface area contributed by atoms with Gasteiger partial charge in [0.2, 0.25) is 0 Å². The maximum Gasteiger partial charge on any atom is 0.176 e. The summed E-state index contributed by atoms with van der Waals surface area (Å²) in [5.74, 6) is 1.20. The summed E-state index contributed by atoms with van der Waals surface area (Å²) in [5.41, 5.74) is 5.05. The Morgan fingerprint density at radius 2 is 0.925 bits per heavy atom. The number of ketones is 1. The maximum absolute atomic E-state index is 13.6. The highest BCUT2D eigenvalue weighted by atomic mass is 16.5. The molecule has 200 valence electrons. The van der Waals surface area contributed by atoms with Crippen molar-refractivity contribution in [3.63, 3.8) is 0 Å². The Labute approximate surface area is 236 Å². The van der Waals surface area contributed by atoms with Gasteiger partial charge in [0, 0.05) is 18.7 Å². The van der Waals surface area contributed by atoms with E-state index >= 15 is 0 Å². The van der Waals surface area contributed by atoms with Crippen molar-refractivity contribution in [2.75, 3.05) is 6.54 Å². The van der Waals surface area contributed by atoms with Gasteiger partial charge >= 0.3 is 0 Å². The van der Waals surface area contributed by atoms with Crippen molar-refractivity contribution in [3.8, 4) is 11.5 Å². The summed E-state index contributed by atoms with van der Waals surface area (Å²) < 4.78 is 12.3. The lowest BCUT2D eigenvalue weighted by Gasteiger charge is -2.22. The summed E-state index contributed by atoms with van der Waals surface area (Å²) in [7, 11) is 0. The fourth-order valence-electron chi connectivity index (χ4n) is 4.53. The molecule has 0 aliphatic heterocycles. The van der Waals surface area contributed by atoms with E-state index in [1.807, 2.05) is 115 Å². The number of carbonyl (C=O) groups excluding carboxylic acids is 1. The molecule has 40 heavy (non-hydrogen) atoms. The van der Waals surface area contributed by atoms with Crippen LogP contribution in [0.4, 0.5) is 0 Å². The van der Waals surface area contributed by atoms with E-state index in [9.17, 15) is 4.79 Å². The van der Waals surface area contributed by atoms with Crippen LogP contribution < -0.4 is 9.47 Å². The number of carbonyl (C=O) groups is 1. The predicted molar refractivity (Wildman–Crippen MR) is 159 cm³/mol. The van der Waals surface area contributed by atoms with E-state index in [0.717, 1.165) is 11.1 Å². The van der Waals surface area contributed by atoms with Gasteiger partial charge < -0.3 is 9.47 Å². The smallest absolute Gasteiger partial charge is 0.176 e. The molecule has 4 heteroatoms. The monoisotopic (exact) mass is 527 g/mol. The minimum Gasteiger partial charge on any atom is -0.485 e. The first-order chi connectivity index (χ1) is 19.7. The Morgan fingerprint density at radius 1 is 0.500 bits per heavy atom. The first-order valence-electron chi connectivity index (χ1n) is 13.5. The van der Waals surface area contributed by atoms with Gasteiger partial charge in [0.1, 0.15) is 13.2 Å². The Morgan fingerprint density at radius 3 is 1.40 bits per heavy atom. The van der Waals surface area contributed by atoms with E-state index in [2.05, 4.69) is 29.2 Å². The highest BCUT2D eigenvalue weighted by Crippen LogP contribution is 2.30. The topological polar surface area (TPSA) is 38.8 Å². The molecule has 0 heterocycles. The second-order valence-corrected chi connectivity index (χ2v) is 9.75. The van der Waals surface area contributed by atoms with Gasteiger partial charge in [0.15, 0.2) is 17.3 Å². The van der Waals surface area contributed by atoms with Gasteiger partial charge in [-0.15, -0.1) is 0 Å². The largest absolute Gasteiger partial charge is 0.485 e. The molecule has 0 amide bonds. The molecule has 0 radical (unpaired) electrons. The van der Waals surface area contributed by atoms with Crippen LogP contribution in [-0.2, 0) is 26.3 Å². The van der Waals surface area contributed by atoms with Gasteiger partial charge in [0.25, 0.3) is 0 Å². The molecule has 0 aromatic heterocycles. The zero-order valence-corrected chi connectivity index (χ0v) is 22.5. The lowest BCUT2D eigenvalue weighted by Crippen LogP contribution is -2.29. The first-order valence-corrected chi connectivity index (χ1v) is 13.5. The standard InChI is InChI=1S/C36H33NO3/c38-34(26-37(24-29-13-5-1-6-14-29)25-30-15-7-2-8-16-30)33-21-22-35(39-27-31-17-9-3-10-18-31)36(23-33)40-28-32-19-11-4-12-20-32/h1-23H,24-28H2. The molecule has 4 nitrogen and oxygen atoms in total. The fraction of sp³-hybridized carbons (Fsp3) is 0.139. The van der Waals surface area contributed by atoms with Crippen LogP contribution in [0.25, 0.3) is 0 Å². The maximum atomic E-state index is 13.6. The number of nitrogens with zero attached hydrogens (tertiary/aromatic N) is 1. The minimum atomic E-state index is 0.0334. The fourth-order valence-corrected chi connectivity index (χ4v) is 4.53. The minimum absolute atomic E-state index is 0.0334. The molecule has 0 fully saturated rings. The molecular weight excluding hydrogens is 494 g/mol. The van der Waals surface area contributed by atoms with Crippen LogP contribution in [0.3, 0.4) is 0 Å². The van der Waals surface area contributed by atoms with E-state index in [4.69, 9.17) is 9.47 Å². The molecule has 5 aromatic carbocycles. The average molecular weight is 528 g/mol. The summed E-state index contributed by atoms with van der Waals surface area (Å²) in [5, 5.41) is 0. The molecule has 0 spiro atoms. The van der Waals surface area contributed by atoms with Gasteiger partial charge in [-0.1, -0.05) is 121 Å². The third kappa shape index (κ3) is 7.92. The third-order valence-corrected chi connectivity index (χ3v) is 6.61. The van der Waals surface area contributed by atoms with Gasteiger partial charge in [-0.05, 0) is 40.5 Å². The molecule has 5 rings (SSSR count). The van der Waals surface area contributed by atoms with Crippen molar-refractivity contribution in [1.82, 2.24) is 4.90 Å². The molecule has 0 N–H and O–H groups in total. The van der Waals surface area contributed by atoms with Crippen LogP contribution in [0.1, 0.15) is 32.6 Å². The van der Waals surface area contributed by atoms with E-state index in [1.54, 1.807) is 0 Å². The number of Topliss-reactive ketones (excluding diaryl/α,β-unsaturated/α-hetero) is 1. The summed E-state index contributed by atoms with van der Waals surface area (Å²) in [6.45, 7) is 2.44. The van der Waals surface area contributed by atoms with E-state index in [0.29, 0.717) is 43.4 Å². The molecular formula is C36H33NO3. The molecule has 0 saturated heterocycles.